The molecule has 1 aliphatic heterocycles. The Hall–Kier alpha value is -4.73. The zero-order valence-corrected chi connectivity index (χ0v) is 17.5. The van der Waals surface area contributed by atoms with E-state index in [1.807, 2.05) is 0 Å². The first-order valence-corrected chi connectivity index (χ1v) is 9.65. The van der Waals surface area contributed by atoms with Gasteiger partial charge in [0.1, 0.15) is 5.75 Å². The Kier molecular flexibility index (Phi) is 5.49. The van der Waals surface area contributed by atoms with Crippen molar-refractivity contribution in [3.05, 3.63) is 87.5 Å². The molecule has 0 fully saturated rings. The van der Waals surface area contributed by atoms with E-state index in [1.54, 1.807) is 24.3 Å². The number of anilines is 2. The fraction of sp³-hybridized carbons (Fsp3) is 0.0870. The lowest BCUT2D eigenvalue weighted by Crippen LogP contribution is -2.29. The molecule has 0 unspecified atom stereocenters. The predicted octanol–water partition coefficient (Wildman–Crippen LogP) is 3.66. The van der Waals surface area contributed by atoms with E-state index in [2.05, 4.69) is 5.32 Å². The molecule has 0 saturated carbocycles. The summed E-state index contributed by atoms with van der Waals surface area (Å²) in [4.78, 5) is 49.8. The highest BCUT2D eigenvalue weighted by Crippen LogP contribution is 2.37. The molecule has 0 radical (unpaired) electrons. The van der Waals surface area contributed by atoms with Gasteiger partial charge < -0.3 is 14.8 Å². The van der Waals surface area contributed by atoms with Crippen LogP contribution in [-0.2, 0) is 0 Å². The molecule has 0 spiro atoms. The molecule has 33 heavy (non-hydrogen) atoms. The van der Waals surface area contributed by atoms with Crippen molar-refractivity contribution < 1.29 is 28.8 Å². The summed E-state index contributed by atoms with van der Waals surface area (Å²) in [5.74, 6) is -1.34. The van der Waals surface area contributed by atoms with Gasteiger partial charge in [0.25, 0.3) is 17.7 Å². The van der Waals surface area contributed by atoms with Crippen molar-refractivity contribution in [1.29, 1.82) is 0 Å². The van der Waals surface area contributed by atoms with Gasteiger partial charge in [-0.3, -0.25) is 24.5 Å². The Morgan fingerprint density at radius 3 is 2.12 bits per heavy atom. The largest absolute Gasteiger partial charge is 0.494 e. The van der Waals surface area contributed by atoms with Crippen molar-refractivity contribution in [1.82, 2.24) is 0 Å². The molecular weight excluding hydrogens is 430 g/mol. The van der Waals surface area contributed by atoms with Crippen LogP contribution in [-0.4, -0.2) is 36.9 Å². The number of fused-ring (bicyclic) bond motifs is 1. The second-order valence-corrected chi connectivity index (χ2v) is 6.98. The molecule has 10 heteroatoms. The third-order valence-electron chi connectivity index (χ3n) is 5.11. The van der Waals surface area contributed by atoms with Crippen molar-refractivity contribution in [3.8, 4) is 11.5 Å². The molecule has 1 aliphatic rings. The molecule has 0 saturated heterocycles. The van der Waals surface area contributed by atoms with E-state index in [1.165, 1.54) is 44.6 Å². The van der Waals surface area contributed by atoms with E-state index in [9.17, 15) is 24.5 Å². The number of methoxy groups -OCH3 is 2. The Balaban J connectivity index is 1.61. The standard InChI is InChI=1S/C23H17N3O7/c1-32-19-10-7-13(11-18(19)26(30)31)21(27)24-14-8-9-17(20(12-14)33-2)25-22(28)15-5-3-4-6-16(15)23(25)29/h3-12H,1-2H3,(H,24,27). The van der Waals surface area contributed by atoms with Crippen molar-refractivity contribution in [2.45, 2.75) is 0 Å². The number of nitrogens with zero attached hydrogens (tertiary/aromatic N) is 2. The number of benzene rings is 3. The molecule has 10 nitrogen and oxygen atoms in total. The van der Waals surface area contributed by atoms with Crippen LogP contribution >= 0.6 is 0 Å². The van der Waals surface area contributed by atoms with Crippen LogP contribution in [0, 0.1) is 10.1 Å². The molecule has 3 aromatic carbocycles. The van der Waals surface area contributed by atoms with Crippen molar-refractivity contribution in [2.24, 2.45) is 0 Å². The van der Waals surface area contributed by atoms with Crippen LogP contribution in [0.5, 0.6) is 11.5 Å². The lowest BCUT2D eigenvalue weighted by Gasteiger charge is -2.18. The maximum atomic E-state index is 12.8. The van der Waals surface area contributed by atoms with Crippen LogP contribution in [0.4, 0.5) is 17.1 Å². The van der Waals surface area contributed by atoms with Crippen LogP contribution in [0.15, 0.2) is 60.7 Å². The number of ether oxygens (including phenoxy) is 2. The monoisotopic (exact) mass is 447 g/mol. The highest BCUT2D eigenvalue weighted by atomic mass is 16.6. The molecule has 3 amide bonds. The predicted molar refractivity (Wildman–Crippen MR) is 118 cm³/mol. The first-order chi connectivity index (χ1) is 15.8. The minimum absolute atomic E-state index is 0.0310. The van der Waals surface area contributed by atoms with Crippen molar-refractivity contribution in [2.75, 3.05) is 24.4 Å². The number of hydrogen-bond acceptors (Lipinski definition) is 7. The van der Waals surface area contributed by atoms with E-state index in [-0.39, 0.29) is 28.4 Å². The number of nitrogens with one attached hydrogen (secondary N) is 1. The average molecular weight is 447 g/mol. The molecule has 4 rings (SSSR count). The topological polar surface area (TPSA) is 128 Å². The summed E-state index contributed by atoms with van der Waals surface area (Å²) in [5.41, 5.74) is 0.818. The summed E-state index contributed by atoms with van der Waals surface area (Å²) < 4.78 is 10.3. The quantitative estimate of drug-likeness (QED) is 0.347. The zero-order chi connectivity index (χ0) is 23.7. The Morgan fingerprint density at radius 2 is 1.55 bits per heavy atom. The number of hydrogen-bond donors (Lipinski definition) is 1. The van der Waals surface area contributed by atoms with E-state index >= 15 is 0 Å². The number of carbonyl (C=O) groups is 3. The first kappa shape index (κ1) is 21.5. The smallest absolute Gasteiger partial charge is 0.311 e. The highest BCUT2D eigenvalue weighted by Gasteiger charge is 2.37. The van der Waals surface area contributed by atoms with Gasteiger partial charge in [0.2, 0.25) is 0 Å². The molecule has 166 valence electrons. The van der Waals surface area contributed by atoms with Gasteiger partial charge in [0, 0.05) is 23.4 Å². The molecule has 1 heterocycles. The first-order valence-electron chi connectivity index (χ1n) is 9.65. The van der Waals surface area contributed by atoms with Crippen LogP contribution in [0.1, 0.15) is 31.1 Å². The summed E-state index contributed by atoms with van der Waals surface area (Å²) in [6.45, 7) is 0. The minimum atomic E-state index is -0.643. The van der Waals surface area contributed by atoms with Crippen molar-refractivity contribution in [3.63, 3.8) is 0 Å². The van der Waals surface area contributed by atoms with Gasteiger partial charge in [0.05, 0.1) is 36.0 Å². The number of rotatable bonds is 6. The second-order valence-electron chi connectivity index (χ2n) is 6.98. The molecule has 0 atom stereocenters. The van der Waals surface area contributed by atoms with Crippen molar-refractivity contribution >= 4 is 34.8 Å². The molecule has 3 aromatic rings. The van der Waals surface area contributed by atoms with E-state index in [4.69, 9.17) is 9.47 Å². The third-order valence-corrected chi connectivity index (χ3v) is 5.11. The maximum Gasteiger partial charge on any atom is 0.311 e. The van der Waals surface area contributed by atoms with Crippen LogP contribution in [0.2, 0.25) is 0 Å². The zero-order valence-electron chi connectivity index (χ0n) is 17.5. The lowest BCUT2D eigenvalue weighted by atomic mass is 10.1. The summed E-state index contributed by atoms with van der Waals surface area (Å²) in [5, 5.41) is 13.8. The third kappa shape index (κ3) is 3.74. The van der Waals surface area contributed by atoms with Crippen LogP contribution in [0.25, 0.3) is 0 Å². The van der Waals surface area contributed by atoms with Gasteiger partial charge in [-0.1, -0.05) is 12.1 Å². The Labute approximate surface area is 187 Å². The van der Waals surface area contributed by atoms with Gasteiger partial charge in [-0.2, -0.15) is 0 Å². The van der Waals surface area contributed by atoms with Gasteiger partial charge >= 0.3 is 5.69 Å². The fourth-order valence-electron chi connectivity index (χ4n) is 3.53. The molecule has 1 N–H and O–H groups in total. The number of imide groups is 1. The number of carbonyl (C=O) groups excluding carboxylic acids is 3. The summed E-state index contributed by atoms with van der Waals surface area (Å²) in [6.07, 6.45) is 0. The second kappa shape index (κ2) is 8.42. The molecule has 0 aliphatic carbocycles. The average Bonchev–Trinajstić information content (AvgIpc) is 3.08. The highest BCUT2D eigenvalue weighted by molar-refractivity contribution is 6.34. The Bertz CT molecular complexity index is 1280. The molecule has 0 bridgehead atoms. The van der Waals surface area contributed by atoms with Gasteiger partial charge in [0.15, 0.2) is 5.75 Å². The number of amides is 3. The van der Waals surface area contributed by atoms with Gasteiger partial charge in [-0.05, 0) is 36.4 Å². The van der Waals surface area contributed by atoms with Crippen LogP contribution < -0.4 is 19.7 Å². The van der Waals surface area contributed by atoms with Gasteiger partial charge in [-0.25, -0.2) is 4.90 Å². The lowest BCUT2D eigenvalue weighted by molar-refractivity contribution is -0.385. The van der Waals surface area contributed by atoms with Gasteiger partial charge in [-0.15, -0.1) is 0 Å². The maximum absolute atomic E-state index is 12.8. The SMILES string of the molecule is COc1cc(NC(=O)c2ccc(OC)c([N+](=O)[O-])c2)ccc1N1C(=O)c2ccccc2C1=O. The summed E-state index contributed by atoms with van der Waals surface area (Å²) in [7, 11) is 2.67. The molecular formula is C23H17N3O7. The van der Waals surface area contributed by atoms with E-state index in [0.717, 1.165) is 11.0 Å². The summed E-state index contributed by atoms with van der Waals surface area (Å²) >= 11 is 0. The number of nitro groups is 1. The normalized spacial score (nSPS) is 12.4. The molecule has 0 aromatic heterocycles. The van der Waals surface area contributed by atoms with E-state index in [0.29, 0.717) is 16.8 Å². The summed E-state index contributed by atoms with van der Waals surface area (Å²) in [6, 6.07) is 14.8. The minimum Gasteiger partial charge on any atom is -0.494 e. The number of nitro benzene ring substituents is 1. The van der Waals surface area contributed by atoms with Crippen LogP contribution in [0.3, 0.4) is 0 Å². The Morgan fingerprint density at radius 1 is 0.909 bits per heavy atom. The fourth-order valence-corrected chi connectivity index (χ4v) is 3.53. The van der Waals surface area contributed by atoms with E-state index < -0.39 is 22.6 Å².